The van der Waals surface area contributed by atoms with Crippen molar-refractivity contribution in [2.45, 2.75) is 37.5 Å². The summed E-state index contributed by atoms with van der Waals surface area (Å²) in [4.78, 5) is 7.10. The van der Waals surface area contributed by atoms with Crippen LogP contribution in [0.25, 0.3) is 0 Å². The van der Waals surface area contributed by atoms with Gasteiger partial charge in [0, 0.05) is 25.9 Å². The average molecular weight is 522 g/mol. The summed E-state index contributed by atoms with van der Waals surface area (Å²) >= 11 is 8.68. The first kappa shape index (κ1) is 17.4. The summed E-state index contributed by atoms with van der Waals surface area (Å²) in [6.45, 7) is 0. The summed E-state index contributed by atoms with van der Waals surface area (Å²) < 4.78 is 23.1. The fraction of sp³-hybridized carbons (Fsp3) is 0.286. The van der Waals surface area contributed by atoms with Crippen LogP contribution in [0, 0.1) is 5.82 Å². The fourth-order valence-electron chi connectivity index (χ4n) is 4.27. The minimum absolute atomic E-state index is 0.0998. The molecule has 3 aromatic rings. The third-order valence-corrected chi connectivity index (χ3v) is 7.65. The molecular formula is C21H15Br2FN2OS. The quantitative estimate of drug-likeness (QED) is 0.367. The Morgan fingerprint density at radius 3 is 2.82 bits per heavy atom. The topological polar surface area (TPSA) is 25.4 Å². The Bertz CT molecular complexity index is 1110. The fourth-order valence-corrected chi connectivity index (χ4v) is 6.08. The summed E-state index contributed by atoms with van der Waals surface area (Å²) in [6, 6.07) is 9.53. The van der Waals surface area contributed by atoms with Gasteiger partial charge in [-0.25, -0.2) is 9.37 Å². The smallest absolute Gasteiger partial charge is 0.217 e. The maximum atomic E-state index is 15.0. The van der Waals surface area contributed by atoms with E-state index in [9.17, 15) is 4.39 Å². The van der Waals surface area contributed by atoms with Gasteiger partial charge in [0.1, 0.15) is 17.3 Å². The second kappa shape index (κ2) is 6.28. The molecule has 0 saturated heterocycles. The summed E-state index contributed by atoms with van der Waals surface area (Å²) in [5.41, 5.74) is 3.83. The summed E-state index contributed by atoms with van der Waals surface area (Å²) in [5, 5.41) is 3.29. The van der Waals surface area contributed by atoms with Gasteiger partial charge in [0.05, 0.1) is 16.6 Å². The Kier molecular flexibility index (Phi) is 3.91. The van der Waals surface area contributed by atoms with Gasteiger partial charge in [0.25, 0.3) is 0 Å². The Labute approximate surface area is 182 Å². The van der Waals surface area contributed by atoms with E-state index in [1.165, 1.54) is 29.5 Å². The number of nitrogens with zero attached hydrogens (tertiary/aromatic N) is 2. The number of hydrogen-bond acceptors (Lipinski definition) is 4. The van der Waals surface area contributed by atoms with Crippen LogP contribution in [0.15, 0.2) is 44.7 Å². The first-order chi connectivity index (χ1) is 13.6. The molecule has 1 aromatic heterocycles. The lowest BCUT2D eigenvalue weighted by atomic mass is 9.99. The lowest BCUT2D eigenvalue weighted by Crippen LogP contribution is -2.38. The lowest BCUT2D eigenvalue weighted by molar-refractivity contribution is 0.161. The second-order valence-corrected chi connectivity index (χ2v) is 10.3. The molecule has 0 N–H and O–H groups in total. The van der Waals surface area contributed by atoms with Crippen molar-refractivity contribution >= 4 is 48.9 Å². The molecule has 1 aliphatic carbocycles. The lowest BCUT2D eigenvalue weighted by Gasteiger charge is -2.40. The van der Waals surface area contributed by atoms with Crippen LogP contribution in [-0.4, -0.2) is 4.98 Å². The highest BCUT2D eigenvalue weighted by Crippen LogP contribution is 2.53. The summed E-state index contributed by atoms with van der Waals surface area (Å²) in [7, 11) is 0. The normalized spacial score (nSPS) is 22.5. The SMILES string of the molecule is Fc1cc(Br)cc2c1C1Cc3cc(Br)ccc3N1C(c1csc(C3CC3)n1)O2. The molecule has 0 amide bonds. The standard InChI is InChI=1S/C21H15Br2FN2OS/c22-12-3-4-16-11(5-12)6-17-19-14(24)7-13(23)8-18(19)27-21(26(16)17)15-9-28-20(25-15)10-1-2-10/h3-5,7-10,17,21H,1-2,6H2. The van der Waals surface area contributed by atoms with Crippen LogP contribution in [0.4, 0.5) is 10.1 Å². The predicted molar refractivity (Wildman–Crippen MR) is 115 cm³/mol. The van der Waals surface area contributed by atoms with E-state index in [2.05, 4.69) is 54.3 Å². The zero-order chi connectivity index (χ0) is 19.0. The van der Waals surface area contributed by atoms with Crippen molar-refractivity contribution in [2.75, 3.05) is 4.90 Å². The van der Waals surface area contributed by atoms with Gasteiger partial charge < -0.3 is 9.64 Å². The van der Waals surface area contributed by atoms with Gasteiger partial charge in [0.2, 0.25) is 6.23 Å². The van der Waals surface area contributed by atoms with E-state index in [-0.39, 0.29) is 18.1 Å². The van der Waals surface area contributed by atoms with Gasteiger partial charge in [-0.3, -0.25) is 0 Å². The molecule has 2 atom stereocenters. The van der Waals surface area contributed by atoms with Gasteiger partial charge in [-0.1, -0.05) is 31.9 Å². The minimum atomic E-state index is -0.350. The Morgan fingerprint density at radius 1 is 1.14 bits per heavy atom. The number of hydrogen-bond donors (Lipinski definition) is 0. The second-order valence-electron chi connectivity index (χ2n) is 7.55. The van der Waals surface area contributed by atoms with Crippen LogP contribution in [-0.2, 0) is 6.42 Å². The van der Waals surface area contributed by atoms with Gasteiger partial charge in [-0.05, 0) is 55.2 Å². The number of anilines is 1. The van der Waals surface area contributed by atoms with E-state index in [0.29, 0.717) is 21.7 Å². The van der Waals surface area contributed by atoms with Crippen molar-refractivity contribution in [1.29, 1.82) is 0 Å². The van der Waals surface area contributed by atoms with Crippen LogP contribution < -0.4 is 9.64 Å². The molecule has 28 heavy (non-hydrogen) atoms. The molecule has 0 bridgehead atoms. The van der Waals surface area contributed by atoms with E-state index in [4.69, 9.17) is 9.72 Å². The summed E-state index contributed by atoms with van der Waals surface area (Å²) in [5.74, 6) is 0.978. The van der Waals surface area contributed by atoms with Gasteiger partial charge in [-0.15, -0.1) is 11.3 Å². The monoisotopic (exact) mass is 520 g/mol. The maximum absolute atomic E-state index is 15.0. The van der Waals surface area contributed by atoms with Crippen molar-refractivity contribution in [2.24, 2.45) is 0 Å². The zero-order valence-corrected chi connectivity index (χ0v) is 18.7. The highest BCUT2D eigenvalue weighted by Gasteiger charge is 2.45. The Balaban J connectivity index is 1.52. The average Bonchev–Trinajstić information content (AvgIpc) is 3.26. The minimum Gasteiger partial charge on any atom is -0.464 e. The maximum Gasteiger partial charge on any atom is 0.217 e. The molecule has 0 radical (unpaired) electrons. The molecule has 7 heteroatoms. The molecule has 0 spiro atoms. The Morgan fingerprint density at radius 2 is 2.00 bits per heavy atom. The molecule has 2 aromatic carbocycles. The van der Waals surface area contributed by atoms with Gasteiger partial charge >= 0.3 is 0 Å². The number of benzene rings is 2. The largest absolute Gasteiger partial charge is 0.464 e. The Hall–Kier alpha value is -1.44. The number of fused-ring (bicyclic) bond motifs is 5. The third-order valence-electron chi connectivity index (χ3n) is 5.67. The van der Waals surface area contributed by atoms with E-state index in [1.807, 2.05) is 12.1 Å². The molecule has 1 fully saturated rings. The van der Waals surface area contributed by atoms with Crippen LogP contribution in [0.3, 0.4) is 0 Å². The van der Waals surface area contributed by atoms with E-state index < -0.39 is 0 Å². The highest BCUT2D eigenvalue weighted by molar-refractivity contribution is 9.10. The number of ether oxygens (including phenoxy) is 1. The predicted octanol–water partition coefficient (Wildman–Crippen LogP) is 6.88. The molecule has 3 nitrogen and oxygen atoms in total. The number of rotatable bonds is 2. The molecule has 1 saturated carbocycles. The van der Waals surface area contributed by atoms with Crippen molar-refractivity contribution < 1.29 is 9.13 Å². The van der Waals surface area contributed by atoms with Crippen molar-refractivity contribution in [1.82, 2.24) is 4.98 Å². The molecule has 142 valence electrons. The van der Waals surface area contributed by atoms with Crippen LogP contribution in [0.2, 0.25) is 0 Å². The molecule has 3 aliphatic rings. The van der Waals surface area contributed by atoms with E-state index >= 15 is 0 Å². The number of aromatic nitrogens is 1. The van der Waals surface area contributed by atoms with Crippen molar-refractivity contribution in [3.8, 4) is 5.75 Å². The first-order valence-electron chi connectivity index (χ1n) is 9.26. The van der Waals surface area contributed by atoms with Crippen LogP contribution in [0.5, 0.6) is 5.75 Å². The summed E-state index contributed by atoms with van der Waals surface area (Å²) in [6.07, 6.45) is 2.85. The molecule has 2 aliphatic heterocycles. The van der Waals surface area contributed by atoms with Gasteiger partial charge in [0.15, 0.2) is 0 Å². The van der Waals surface area contributed by atoms with Gasteiger partial charge in [-0.2, -0.15) is 0 Å². The van der Waals surface area contributed by atoms with E-state index in [0.717, 1.165) is 22.3 Å². The van der Waals surface area contributed by atoms with Crippen molar-refractivity contribution in [3.63, 3.8) is 0 Å². The van der Waals surface area contributed by atoms with Crippen LogP contribution in [0.1, 0.15) is 52.9 Å². The number of thiazole rings is 1. The highest BCUT2D eigenvalue weighted by atomic mass is 79.9. The first-order valence-corrected chi connectivity index (χ1v) is 11.7. The molecule has 2 unspecified atom stereocenters. The zero-order valence-electron chi connectivity index (χ0n) is 14.7. The van der Waals surface area contributed by atoms with Crippen molar-refractivity contribution in [3.05, 3.63) is 72.3 Å². The molecule has 3 heterocycles. The van der Waals surface area contributed by atoms with E-state index in [1.54, 1.807) is 11.3 Å². The number of halogens is 3. The molecule has 6 rings (SSSR count). The molecular weight excluding hydrogens is 507 g/mol. The van der Waals surface area contributed by atoms with Crippen LogP contribution >= 0.6 is 43.2 Å². The third kappa shape index (κ3) is 2.66.